The summed E-state index contributed by atoms with van der Waals surface area (Å²) in [4.78, 5) is 22.8. The van der Waals surface area contributed by atoms with Crippen LogP contribution in [0.3, 0.4) is 0 Å². The van der Waals surface area contributed by atoms with Gasteiger partial charge in [-0.2, -0.15) is 0 Å². The second kappa shape index (κ2) is 8.08. The number of hydrogen-bond acceptors (Lipinski definition) is 5. The maximum Gasteiger partial charge on any atom is 0.231 e. The topological polar surface area (TPSA) is 64.6 Å². The minimum atomic E-state index is -0.0731. The molecule has 0 saturated carbocycles. The van der Waals surface area contributed by atoms with Crippen molar-refractivity contribution >= 4 is 5.91 Å². The highest BCUT2D eigenvalue weighted by atomic mass is 16.7. The summed E-state index contributed by atoms with van der Waals surface area (Å²) in [5, 5.41) is 0. The Morgan fingerprint density at radius 1 is 1.07 bits per heavy atom. The Kier molecular flexibility index (Phi) is 5.19. The van der Waals surface area contributed by atoms with Gasteiger partial charge in [-0.1, -0.05) is 36.4 Å². The number of ether oxygens (including phenoxy) is 2. The first-order valence-electron chi connectivity index (χ1n) is 9.14. The van der Waals surface area contributed by atoms with E-state index in [4.69, 9.17) is 9.47 Å². The van der Waals surface area contributed by atoms with Gasteiger partial charge in [-0.3, -0.25) is 4.79 Å². The van der Waals surface area contributed by atoms with E-state index in [9.17, 15) is 4.79 Å². The van der Waals surface area contributed by atoms with E-state index in [0.717, 1.165) is 28.3 Å². The van der Waals surface area contributed by atoms with Crippen LogP contribution in [0.2, 0.25) is 0 Å². The van der Waals surface area contributed by atoms with Gasteiger partial charge in [0.15, 0.2) is 11.5 Å². The number of amides is 1. The molecule has 1 atom stereocenters. The molecule has 6 nitrogen and oxygen atoms in total. The number of benzene rings is 2. The minimum Gasteiger partial charge on any atom is -0.454 e. The molecule has 0 fully saturated rings. The molecule has 0 N–H and O–H groups in total. The van der Waals surface area contributed by atoms with Crippen molar-refractivity contribution in [3.63, 3.8) is 0 Å². The summed E-state index contributed by atoms with van der Waals surface area (Å²) in [6, 6.07) is 17.7. The lowest BCUT2D eigenvalue weighted by molar-refractivity contribution is -0.130. The van der Waals surface area contributed by atoms with Gasteiger partial charge in [0, 0.05) is 25.6 Å². The first-order chi connectivity index (χ1) is 13.7. The second-order valence-electron chi connectivity index (χ2n) is 6.73. The Bertz CT molecular complexity index is 948. The molecule has 0 aliphatic carbocycles. The highest BCUT2D eigenvalue weighted by molar-refractivity contribution is 5.77. The van der Waals surface area contributed by atoms with Crippen LogP contribution in [0.5, 0.6) is 11.5 Å². The normalized spacial score (nSPS) is 13.2. The second-order valence-corrected chi connectivity index (χ2v) is 6.73. The molecule has 2 heterocycles. The molecule has 3 aromatic rings. The average molecular weight is 375 g/mol. The summed E-state index contributed by atoms with van der Waals surface area (Å²) < 4.78 is 10.9. The van der Waals surface area contributed by atoms with Gasteiger partial charge in [0.1, 0.15) is 6.33 Å². The standard InChI is InChI=1S/C22H21N3O3/c1-25(13-18-9-10-23-14-24-18)22(26)12-19(16-5-3-2-4-6-16)17-7-8-20-21(11-17)28-15-27-20/h2-11,14,19H,12-13,15H2,1H3. The van der Waals surface area contributed by atoms with Crippen LogP contribution < -0.4 is 9.47 Å². The largest absolute Gasteiger partial charge is 0.454 e. The lowest BCUT2D eigenvalue weighted by Crippen LogP contribution is -2.28. The Balaban J connectivity index is 1.57. The van der Waals surface area contributed by atoms with Gasteiger partial charge >= 0.3 is 0 Å². The van der Waals surface area contributed by atoms with Crippen molar-refractivity contribution in [2.45, 2.75) is 18.9 Å². The van der Waals surface area contributed by atoms with E-state index in [0.29, 0.717) is 13.0 Å². The molecule has 0 saturated heterocycles. The fourth-order valence-electron chi connectivity index (χ4n) is 3.32. The number of fused-ring (bicyclic) bond motifs is 1. The number of carbonyl (C=O) groups is 1. The van der Waals surface area contributed by atoms with Gasteiger partial charge in [0.25, 0.3) is 0 Å². The quantitative estimate of drug-likeness (QED) is 0.661. The zero-order valence-electron chi connectivity index (χ0n) is 15.6. The SMILES string of the molecule is CN(Cc1ccncn1)C(=O)CC(c1ccccc1)c1ccc2c(c1)OCO2. The Hall–Kier alpha value is -3.41. The van der Waals surface area contributed by atoms with Crippen LogP contribution in [0.25, 0.3) is 0 Å². The third-order valence-corrected chi connectivity index (χ3v) is 4.85. The number of rotatable bonds is 6. The molecule has 1 unspecified atom stereocenters. The first-order valence-corrected chi connectivity index (χ1v) is 9.14. The van der Waals surface area contributed by atoms with E-state index < -0.39 is 0 Å². The van der Waals surface area contributed by atoms with Crippen LogP contribution in [0.4, 0.5) is 0 Å². The molecule has 1 aromatic heterocycles. The van der Waals surface area contributed by atoms with Gasteiger partial charge in [0.2, 0.25) is 12.7 Å². The van der Waals surface area contributed by atoms with Crippen molar-refractivity contribution in [2.75, 3.05) is 13.8 Å². The molecule has 2 aromatic carbocycles. The van der Waals surface area contributed by atoms with Gasteiger partial charge in [-0.15, -0.1) is 0 Å². The average Bonchev–Trinajstić information content (AvgIpc) is 3.21. The molecule has 28 heavy (non-hydrogen) atoms. The van der Waals surface area contributed by atoms with E-state index in [2.05, 4.69) is 9.97 Å². The molecule has 0 bridgehead atoms. The number of hydrogen-bond donors (Lipinski definition) is 0. The summed E-state index contributed by atoms with van der Waals surface area (Å²) in [5.74, 6) is 1.43. The molecule has 4 rings (SSSR count). The predicted octanol–water partition coefficient (Wildman–Crippen LogP) is 3.39. The van der Waals surface area contributed by atoms with Crippen LogP contribution >= 0.6 is 0 Å². The number of aromatic nitrogens is 2. The molecule has 1 amide bonds. The molecular weight excluding hydrogens is 354 g/mol. The van der Waals surface area contributed by atoms with Gasteiger partial charge in [-0.25, -0.2) is 9.97 Å². The summed E-state index contributed by atoms with van der Waals surface area (Å²) in [5.41, 5.74) is 2.93. The smallest absolute Gasteiger partial charge is 0.231 e. The zero-order valence-corrected chi connectivity index (χ0v) is 15.6. The summed E-state index contributed by atoms with van der Waals surface area (Å²) in [6.07, 6.45) is 3.53. The van der Waals surface area contributed by atoms with Crippen LogP contribution in [0, 0.1) is 0 Å². The van der Waals surface area contributed by atoms with Crippen molar-refractivity contribution in [2.24, 2.45) is 0 Å². The fourth-order valence-corrected chi connectivity index (χ4v) is 3.32. The highest BCUT2D eigenvalue weighted by Crippen LogP contribution is 2.37. The molecule has 0 spiro atoms. The molecular formula is C22H21N3O3. The number of carbonyl (C=O) groups excluding carboxylic acids is 1. The maximum atomic E-state index is 13.0. The summed E-state index contributed by atoms with van der Waals surface area (Å²) in [7, 11) is 1.80. The van der Waals surface area contributed by atoms with Crippen LogP contribution in [0.15, 0.2) is 67.1 Å². The van der Waals surface area contributed by atoms with Crippen molar-refractivity contribution in [1.82, 2.24) is 14.9 Å². The predicted molar refractivity (Wildman–Crippen MR) is 104 cm³/mol. The molecule has 6 heteroatoms. The Morgan fingerprint density at radius 3 is 2.68 bits per heavy atom. The maximum absolute atomic E-state index is 13.0. The van der Waals surface area contributed by atoms with Gasteiger partial charge < -0.3 is 14.4 Å². The molecule has 1 aliphatic heterocycles. The van der Waals surface area contributed by atoms with Crippen molar-refractivity contribution in [3.05, 3.63) is 83.9 Å². The van der Waals surface area contributed by atoms with Crippen LogP contribution in [0.1, 0.15) is 29.2 Å². The molecule has 1 aliphatic rings. The fraction of sp³-hybridized carbons (Fsp3) is 0.227. The third-order valence-electron chi connectivity index (χ3n) is 4.85. The Labute approximate surface area is 163 Å². The van der Waals surface area contributed by atoms with Crippen LogP contribution in [-0.4, -0.2) is 34.6 Å². The van der Waals surface area contributed by atoms with Crippen molar-refractivity contribution < 1.29 is 14.3 Å². The lowest BCUT2D eigenvalue weighted by atomic mass is 9.88. The zero-order chi connectivity index (χ0) is 19.3. The van der Waals surface area contributed by atoms with E-state index in [-0.39, 0.29) is 18.6 Å². The number of nitrogens with zero attached hydrogens (tertiary/aromatic N) is 3. The summed E-state index contributed by atoms with van der Waals surface area (Å²) in [6.45, 7) is 0.680. The summed E-state index contributed by atoms with van der Waals surface area (Å²) >= 11 is 0. The van der Waals surface area contributed by atoms with Gasteiger partial charge in [0.05, 0.1) is 12.2 Å². The molecule has 0 radical (unpaired) electrons. The van der Waals surface area contributed by atoms with Gasteiger partial charge in [-0.05, 0) is 29.3 Å². The van der Waals surface area contributed by atoms with E-state index in [1.807, 2.05) is 54.6 Å². The Morgan fingerprint density at radius 2 is 1.89 bits per heavy atom. The van der Waals surface area contributed by atoms with Crippen molar-refractivity contribution in [3.8, 4) is 11.5 Å². The highest BCUT2D eigenvalue weighted by Gasteiger charge is 2.23. The minimum absolute atomic E-state index is 0.0464. The molecule has 142 valence electrons. The van der Waals surface area contributed by atoms with E-state index >= 15 is 0 Å². The van der Waals surface area contributed by atoms with Crippen LogP contribution in [-0.2, 0) is 11.3 Å². The lowest BCUT2D eigenvalue weighted by Gasteiger charge is -2.22. The van der Waals surface area contributed by atoms with Crippen molar-refractivity contribution in [1.29, 1.82) is 0 Å². The van der Waals surface area contributed by atoms with E-state index in [1.54, 1.807) is 18.1 Å². The first kappa shape index (κ1) is 18.0. The third kappa shape index (κ3) is 3.96. The van der Waals surface area contributed by atoms with E-state index in [1.165, 1.54) is 6.33 Å². The monoisotopic (exact) mass is 375 g/mol.